The van der Waals surface area contributed by atoms with Crippen molar-refractivity contribution in [2.75, 3.05) is 19.0 Å². The molecule has 0 bridgehead atoms. The van der Waals surface area contributed by atoms with E-state index in [1.165, 1.54) is 36.5 Å². The zero-order valence-electron chi connectivity index (χ0n) is 13.2. The maximum absolute atomic E-state index is 12.7. The largest absolute Gasteiger partial charge is 0.484 e. The third-order valence-corrected chi connectivity index (χ3v) is 3.07. The molecule has 0 aliphatic carbocycles. The molecular weight excluding hydrogens is 331 g/mol. The number of halogens is 1. The highest BCUT2D eigenvalue weighted by molar-refractivity contribution is 5.85. The third-order valence-electron chi connectivity index (χ3n) is 3.07. The van der Waals surface area contributed by atoms with Gasteiger partial charge in [-0.05, 0) is 30.3 Å². The van der Waals surface area contributed by atoms with Gasteiger partial charge in [0.1, 0.15) is 17.3 Å². The molecule has 0 fully saturated rings. The van der Waals surface area contributed by atoms with Gasteiger partial charge in [-0.3, -0.25) is 14.9 Å². The molecule has 8 nitrogen and oxygen atoms in total. The van der Waals surface area contributed by atoms with Crippen molar-refractivity contribution in [2.45, 2.75) is 0 Å². The lowest BCUT2D eigenvalue weighted by Gasteiger charge is -2.05. The number of nitro benzene ring substituents is 1. The molecule has 0 heterocycles. The first-order valence-electron chi connectivity index (χ1n) is 7.16. The Morgan fingerprint density at radius 1 is 1.32 bits per heavy atom. The maximum atomic E-state index is 12.7. The summed E-state index contributed by atoms with van der Waals surface area (Å²) in [5, 5.41) is 17.4. The van der Waals surface area contributed by atoms with E-state index >= 15 is 0 Å². The van der Waals surface area contributed by atoms with Gasteiger partial charge >= 0.3 is 0 Å². The molecule has 0 radical (unpaired) electrons. The Kier molecular flexibility index (Phi) is 5.99. The normalized spacial score (nSPS) is 10.5. The van der Waals surface area contributed by atoms with E-state index < -0.39 is 16.6 Å². The quantitative estimate of drug-likeness (QED) is 0.455. The van der Waals surface area contributed by atoms with Gasteiger partial charge in [0.05, 0.1) is 11.1 Å². The van der Waals surface area contributed by atoms with Crippen molar-refractivity contribution in [3.8, 4) is 5.75 Å². The fourth-order valence-corrected chi connectivity index (χ4v) is 1.88. The third kappa shape index (κ3) is 5.27. The van der Waals surface area contributed by atoms with Crippen molar-refractivity contribution in [1.29, 1.82) is 0 Å². The molecule has 0 atom stereocenters. The fraction of sp³-hybridized carbons (Fsp3) is 0.125. The van der Waals surface area contributed by atoms with E-state index in [9.17, 15) is 19.3 Å². The first-order valence-corrected chi connectivity index (χ1v) is 7.16. The average Bonchev–Trinajstić information content (AvgIpc) is 2.61. The van der Waals surface area contributed by atoms with Crippen molar-refractivity contribution >= 4 is 23.5 Å². The zero-order valence-corrected chi connectivity index (χ0v) is 13.2. The van der Waals surface area contributed by atoms with Gasteiger partial charge in [-0.15, -0.1) is 0 Å². The Balaban J connectivity index is 1.89. The number of ether oxygens (including phenoxy) is 1. The molecule has 25 heavy (non-hydrogen) atoms. The molecule has 2 rings (SSSR count). The van der Waals surface area contributed by atoms with Gasteiger partial charge < -0.3 is 10.1 Å². The predicted octanol–water partition coefficient (Wildman–Crippen LogP) is 2.30. The molecular formula is C16H15FN4O4. The minimum absolute atomic E-state index is 0.0996. The van der Waals surface area contributed by atoms with Crippen molar-refractivity contribution in [2.24, 2.45) is 5.10 Å². The lowest BCUT2D eigenvalue weighted by molar-refractivity contribution is -0.383. The highest BCUT2D eigenvalue weighted by Crippen LogP contribution is 2.24. The lowest BCUT2D eigenvalue weighted by atomic mass is 10.2. The van der Waals surface area contributed by atoms with Gasteiger partial charge in [0.2, 0.25) is 0 Å². The molecule has 0 unspecified atom stereocenters. The van der Waals surface area contributed by atoms with E-state index in [4.69, 9.17) is 4.74 Å². The van der Waals surface area contributed by atoms with E-state index in [0.29, 0.717) is 17.0 Å². The minimum Gasteiger partial charge on any atom is -0.484 e. The summed E-state index contributed by atoms with van der Waals surface area (Å²) in [5.41, 5.74) is 2.96. The summed E-state index contributed by atoms with van der Waals surface area (Å²) in [5.74, 6) is -0.583. The molecule has 0 saturated carbocycles. The Morgan fingerprint density at radius 3 is 2.68 bits per heavy atom. The van der Waals surface area contributed by atoms with Crippen LogP contribution in [0.2, 0.25) is 0 Å². The molecule has 0 spiro atoms. The molecule has 0 saturated heterocycles. The SMILES string of the molecule is CNc1ccc(/C=N/NC(=O)COc2ccc(F)cc2)cc1[N+](=O)[O-]. The number of hydrogen-bond acceptors (Lipinski definition) is 6. The molecule has 2 N–H and O–H groups in total. The van der Waals surface area contributed by atoms with E-state index in [0.717, 1.165) is 0 Å². The summed E-state index contributed by atoms with van der Waals surface area (Å²) < 4.78 is 17.9. The van der Waals surface area contributed by atoms with Crippen LogP contribution in [0.1, 0.15) is 5.56 Å². The van der Waals surface area contributed by atoms with Crippen LogP contribution in [-0.2, 0) is 4.79 Å². The monoisotopic (exact) mass is 346 g/mol. The smallest absolute Gasteiger partial charge is 0.292 e. The summed E-state index contributed by atoms with van der Waals surface area (Å²) in [6.07, 6.45) is 1.28. The number of amides is 1. The highest BCUT2D eigenvalue weighted by atomic mass is 19.1. The standard InChI is InChI=1S/C16H15FN4O4/c1-18-14-7-2-11(8-15(14)21(23)24)9-19-20-16(22)10-25-13-5-3-12(17)4-6-13/h2-9,18H,10H2,1H3,(H,20,22)/b19-9+. The Labute approximate surface area is 142 Å². The predicted molar refractivity (Wildman–Crippen MR) is 90.3 cm³/mol. The van der Waals surface area contributed by atoms with Crippen LogP contribution in [0, 0.1) is 15.9 Å². The van der Waals surface area contributed by atoms with E-state index in [1.54, 1.807) is 19.2 Å². The number of carbonyl (C=O) groups excluding carboxylic acids is 1. The average molecular weight is 346 g/mol. The van der Waals surface area contributed by atoms with Crippen LogP contribution in [0.3, 0.4) is 0 Å². The first-order chi connectivity index (χ1) is 12.0. The summed E-state index contributed by atoms with van der Waals surface area (Å²) in [7, 11) is 1.58. The fourth-order valence-electron chi connectivity index (χ4n) is 1.88. The Bertz CT molecular complexity index is 793. The van der Waals surface area contributed by atoms with E-state index in [2.05, 4.69) is 15.8 Å². The van der Waals surface area contributed by atoms with Crippen LogP contribution in [-0.4, -0.2) is 30.7 Å². The summed E-state index contributed by atoms with van der Waals surface area (Å²) in [6, 6.07) is 9.71. The number of benzene rings is 2. The van der Waals surface area contributed by atoms with Crippen molar-refractivity contribution < 1.29 is 18.8 Å². The lowest BCUT2D eigenvalue weighted by Crippen LogP contribution is -2.24. The first kappa shape index (κ1) is 17.9. The van der Waals surface area contributed by atoms with Crippen molar-refractivity contribution in [3.63, 3.8) is 0 Å². The number of nitrogens with one attached hydrogen (secondary N) is 2. The molecule has 0 aliphatic rings. The molecule has 2 aromatic rings. The Morgan fingerprint density at radius 2 is 2.04 bits per heavy atom. The number of anilines is 1. The molecule has 9 heteroatoms. The molecule has 1 amide bonds. The molecule has 0 aliphatic heterocycles. The number of hydrazone groups is 1. The second kappa shape index (κ2) is 8.39. The topological polar surface area (TPSA) is 106 Å². The second-order valence-corrected chi connectivity index (χ2v) is 4.82. The van der Waals surface area contributed by atoms with Crippen LogP contribution in [0.25, 0.3) is 0 Å². The number of nitrogens with zero attached hydrogens (tertiary/aromatic N) is 2. The summed E-state index contributed by atoms with van der Waals surface area (Å²) in [4.78, 5) is 22.1. The number of hydrogen-bond donors (Lipinski definition) is 2. The van der Waals surface area contributed by atoms with Crippen molar-refractivity contribution in [1.82, 2.24) is 5.43 Å². The summed E-state index contributed by atoms with van der Waals surface area (Å²) in [6.45, 7) is -0.304. The summed E-state index contributed by atoms with van der Waals surface area (Å²) >= 11 is 0. The maximum Gasteiger partial charge on any atom is 0.292 e. The van der Waals surface area contributed by atoms with Crippen LogP contribution in [0.15, 0.2) is 47.6 Å². The van der Waals surface area contributed by atoms with Crippen LogP contribution < -0.4 is 15.5 Å². The van der Waals surface area contributed by atoms with Gasteiger partial charge in [-0.2, -0.15) is 5.10 Å². The van der Waals surface area contributed by atoms with Gasteiger partial charge in [0, 0.05) is 18.7 Å². The zero-order chi connectivity index (χ0) is 18.2. The van der Waals surface area contributed by atoms with Gasteiger partial charge in [-0.25, -0.2) is 9.82 Å². The number of rotatable bonds is 7. The molecule has 2 aromatic carbocycles. The van der Waals surface area contributed by atoms with Gasteiger partial charge in [0.25, 0.3) is 11.6 Å². The van der Waals surface area contributed by atoms with Crippen LogP contribution in [0.5, 0.6) is 5.75 Å². The molecule has 0 aromatic heterocycles. The van der Waals surface area contributed by atoms with Gasteiger partial charge in [-0.1, -0.05) is 6.07 Å². The van der Waals surface area contributed by atoms with E-state index in [-0.39, 0.29) is 12.3 Å². The van der Waals surface area contributed by atoms with E-state index in [1.807, 2.05) is 0 Å². The number of nitro groups is 1. The van der Waals surface area contributed by atoms with Gasteiger partial charge in [0.15, 0.2) is 6.61 Å². The highest BCUT2D eigenvalue weighted by Gasteiger charge is 2.12. The van der Waals surface area contributed by atoms with Crippen LogP contribution >= 0.6 is 0 Å². The second-order valence-electron chi connectivity index (χ2n) is 4.82. The Hall–Kier alpha value is -3.49. The minimum atomic E-state index is -0.526. The number of carbonyl (C=O) groups is 1. The van der Waals surface area contributed by atoms with Crippen LogP contribution in [0.4, 0.5) is 15.8 Å². The van der Waals surface area contributed by atoms with Crippen molar-refractivity contribution in [3.05, 3.63) is 64.0 Å². The molecule has 130 valence electrons.